The molecule has 0 saturated carbocycles. The molecule has 0 bridgehead atoms. The van der Waals surface area contributed by atoms with E-state index in [1.165, 1.54) is 18.2 Å². The molecule has 0 fully saturated rings. The molecule has 0 unspecified atom stereocenters. The van der Waals surface area contributed by atoms with Crippen molar-refractivity contribution in [2.24, 2.45) is 5.73 Å². The smallest absolute Gasteiger partial charge is 0.331 e. The van der Waals surface area contributed by atoms with Gasteiger partial charge in [0.25, 0.3) is 11.8 Å². The lowest BCUT2D eigenvalue weighted by molar-refractivity contribution is -0.142. The van der Waals surface area contributed by atoms with Crippen LogP contribution in [0.3, 0.4) is 0 Å². The molecule has 2 rings (SSSR count). The van der Waals surface area contributed by atoms with Crippen LogP contribution in [0.4, 0.5) is 5.00 Å². The number of nitrogens with two attached hydrogens (primary N) is 1. The molecule has 0 aliphatic heterocycles. The topological polar surface area (TPSA) is 98.5 Å². The highest BCUT2D eigenvalue weighted by Gasteiger charge is 2.13. The van der Waals surface area contributed by atoms with Gasteiger partial charge in [-0.05, 0) is 41.6 Å². The molecule has 0 aliphatic rings. The van der Waals surface area contributed by atoms with Crippen molar-refractivity contribution >= 4 is 51.8 Å². The first-order valence-electron chi connectivity index (χ1n) is 7.15. The Morgan fingerprint density at radius 1 is 1.32 bits per heavy atom. The SMILES string of the molecule is Cc1ccc(/C=C/C(=O)OCC(=O)Nc2sccc2C(N)=O)cc1Cl. The summed E-state index contributed by atoms with van der Waals surface area (Å²) in [6, 6.07) is 6.86. The number of carbonyl (C=O) groups is 3. The highest BCUT2D eigenvalue weighted by atomic mass is 35.5. The van der Waals surface area contributed by atoms with Crippen LogP contribution in [0.25, 0.3) is 6.08 Å². The summed E-state index contributed by atoms with van der Waals surface area (Å²) in [6.07, 6.45) is 2.74. The van der Waals surface area contributed by atoms with Gasteiger partial charge in [0.1, 0.15) is 5.00 Å². The fourth-order valence-corrected chi connectivity index (χ4v) is 2.82. The van der Waals surface area contributed by atoms with E-state index >= 15 is 0 Å². The van der Waals surface area contributed by atoms with Gasteiger partial charge in [0.15, 0.2) is 6.61 Å². The maximum absolute atomic E-state index is 11.8. The molecular weight excluding hydrogens is 364 g/mol. The maximum Gasteiger partial charge on any atom is 0.331 e. The zero-order valence-corrected chi connectivity index (χ0v) is 14.8. The van der Waals surface area contributed by atoms with Gasteiger partial charge in [-0.15, -0.1) is 11.3 Å². The number of nitrogens with one attached hydrogen (secondary N) is 1. The Kier molecular flexibility index (Phi) is 6.32. The van der Waals surface area contributed by atoms with Gasteiger partial charge in [-0.1, -0.05) is 23.7 Å². The van der Waals surface area contributed by atoms with Gasteiger partial charge in [-0.3, -0.25) is 9.59 Å². The van der Waals surface area contributed by atoms with Gasteiger partial charge in [0.05, 0.1) is 5.56 Å². The number of hydrogen-bond acceptors (Lipinski definition) is 5. The molecule has 0 spiro atoms. The average Bonchev–Trinajstić information content (AvgIpc) is 3.02. The molecule has 1 heterocycles. The summed E-state index contributed by atoms with van der Waals surface area (Å²) in [7, 11) is 0. The number of rotatable bonds is 6. The van der Waals surface area contributed by atoms with Gasteiger partial charge in [-0.2, -0.15) is 0 Å². The molecule has 1 aromatic heterocycles. The van der Waals surface area contributed by atoms with Crippen LogP contribution in [0.5, 0.6) is 0 Å². The van der Waals surface area contributed by atoms with E-state index in [1.54, 1.807) is 17.5 Å². The number of benzene rings is 1. The largest absolute Gasteiger partial charge is 0.452 e. The maximum atomic E-state index is 11.8. The highest BCUT2D eigenvalue weighted by molar-refractivity contribution is 7.14. The predicted octanol–water partition coefficient (Wildman–Crippen LogP) is 3.00. The lowest BCUT2D eigenvalue weighted by Gasteiger charge is -2.04. The molecule has 6 nitrogen and oxygen atoms in total. The zero-order valence-electron chi connectivity index (χ0n) is 13.2. The minimum absolute atomic E-state index is 0.209. The van der Waals surface area contributed by atoms with Crippen LogP contribution in [-0.2, 0) is 14.3 Å². The second kappa shape index (κ2) is 8.46. The molecule has 2 amide bonds. The van der Waals surface area contributed by atoms with Gasteiger partial charge in [0, 0.05) is 11.1 Å². The molecule has 8 heteroatoms. The van der Waals surface area contributed by atoms with Crippen molar-refractivity contribution in [2.75, 3.05) is 11.9 Å². The first-order chi connectivity index (χ1) is 11.9. The Balaban J connectivity index is 1.85. The number of anilines is 1. The minimum atomic E-state index is -0.673. The number of aryl methyl sites for hydroxylation is 1. The number of thiophene rings is 1. The zero-order chi connectivity index (χ0) is 18.4. The summed E-state index contributed by atoms with van der Waals surface area (Å²) >= 11 is 7.15. The van der Waals surface area contributed by atoms with E-state index in [1.807, 2.05) is 13.0 Å². The van der Waals surface area contributed by atoms with E-state index in [-0.39, 0.29) is 5.56 Å². The Bertz CT molecular complexity index is 845. The van der Waals surface area contributed by atoms with E-state index in [4.69, 9.17) is 22.1 Å². The van der Waals surface area contributed by atoms with E-state index < -0.39 is 24.4 Å². The number of amides is 2. The van der Waals surface area contributed by atoms with Crippen molar-refractivity contribution in [1.82, 2.24) is 0 Å². The fraction of sp³-hybridized carbons (Fsp3) is 0.118. The number of carbonyl (C=O) groups excluding carboxylic acids is 3. The van der Waals surface area contributed by atoms with Gasteiger partial charge < -0.3 is 15.8 Å². The van der Waals surface area contributed by atoms with Crippen molar-refractivity contribution in [1.29, 1.82) is 0 Å². The number of primary amides is 1. The van der Waals surface area contributed by atoms with Crippen LogP contribution in [0.15, 0.2) is 35.7 Å². The lowest BCUT2D eigenvalue weighted by atomic mass is 10.1. The molecule has 1 aromatic carbocycles. The van der Waals surface area contributed by atoms with E-state index in [0.29, 0.717) is 10.0 Å². The third kappa shape index (κ3) is 5.44. The summed E-state index contributed by atoms with van der Waals surface area (Å²) in [4.78, 5) is 34.6. The van der Waals surface area contributed by atoms with Gasteiger partial charge in [-0.25, -0.2) is 4.79 Å². The number of ether oxygens (including phenoxy) is 1. The van der Waals surface area contributed by atoms with Crippen LogP contribution < -0.4 is 11.1 Å². The van der Waals surface area contributed by atoms with Crippen molar-refractivity contribution in [3.05, 3.63) is 57.4 Å². The van der Waals surface area contributed by atoms with E-state index in [9.17, 15) is 14.4 Å². The highest BCUT2D eigenvalue weighted by Crippen LogP contribution is 2.22. The first-order valence-corrected chi connectivity index (χ1v) is 8.40. The third-order valence-corrected chi connectivity index (χ3v) is 4.37. The lowest BCUT2D eigenvalue weighted by Crippen LogP contribution is -2.21. The second-order valence-electron chi connectivity index (χ2n) is 5.03. The summed E-state index contributed by atoms with van der Waals surface area (Å²) in [6.45, 7) is 1.40. The quantitative estimate of drug-likeness (QED) is 0.596. The van der Waals surface area contributed by atoms with Crippen molar-refractivity contribution < 1.29 is 19.1 Å². The Labute approximate surface area is 153 Å². The van der Waals surface area contributed by atoms with Crippen molar-refractivity contribution in [3.63, 3.8) is 0 Å². The van der Waals surface area contributed by atoms with Crippen LogP contribution in [-0.4, -0.2) is 24.4 Å². The molecule has 0 atom stereocenters. The number of halogens is 1. The van der Waals surface area contributed by atoms with E-state index in [0.717, 1.165) is 22.5 Å². The average molecular weight is 379 g/mol. The Hall–Kier alpha value is -2.64. The Morgan fingerprint density at radius 3 is 2.76 bits per heavy atom. The van der Waals surface area contributed by atoms with Crippen LogP contribution in [0.1, 0.15) is 21.5 Å². The van der Waals surface area contributed by atoms with Crippen molar-refractivity contribution in [2.45, 2.75) is 6.92 Å². The number of hydrogen-bond donors (Lipinski definition) is 2. The fourth-order valence-electron chi connectivity index (χ4n) is 1.82. The standard InChI is InChI=1S/C17H15ClN2O4S/c1-10-2-3-11(8-13(10)18)4-5-15(22)24-9-14(21)20-17-12(16(19)23)6-7-25-17/h2-8H,9H2,1H3,(H2,19,23)(H,20,21)/b5-4+. The summed E-state index contributed by atoms with van der Waals surface area (Å²) in [5.74, 6) is -1.88. The first kappa shape index (κ1) is 18.7. The monoisotopic (exact) mass is 378 g/mol. The molecule has 130 valence electrons. The van der Waals surface area contributed by atoms with Crippen LogP contribution >= 0.6 is 22.9 Å². The third-order valence-electron chi connectivity index (χ3n) is 3.14. The molecular formula is C17H15ClN2O4S. The van der Waals surface area contributed by atoms with Crippen LogP contribution in [0, 0.1) is 6.92 Å². The normalized spacial score (nSPS) is 10.6. The molecule has 25 heavy (non-hydrogen) atoms. The molecule has 0 saturated heterocycles. The summed E-state index contributed by atoms with van der Waals surface area (Å²) in [5, 5.41) is 5.01. The molecule has 2 aromatic rings. The minimum Gasteiger partial charge on any atom is -0.452 e. The molecule has 0 radical (unpaired) electrons. The summed E-state index contributed by atoms with van der Waals surface area (Å²) < 4.78 is 4.85. The van der Waals surface area contributed by atoms with Crippen LogP contribution in [0.2, 0.25) is 5.02 Å². The predicted molar refractivity (Wildman–Crippen MR) is 97.6 cm³/mol. The van der Waals surface area contributed by atoms with E-state index in [2.05, 4.69) is 5.32 Å². The second-order valence-corrected chi connectivity index (χ2v) is 6.35. The molecule has 0 aliphatic carbocycles. The number of esters is 1. The molecule has 3 N–H and O–H groups in total. The van der Waals surface area contributed by atoms with Gasteiger partial charge >= 0.3 is 5.97 Å². The Morgan fingerprint density at radius 2 is 2.08 bits per heavy atom. The summed E-state index contributed by atoms with van der Waals surface area (Å²) in [5.41, 5.74) is 7.06. The van der Waals surface area contributed by atoms with Crippen molar-refractivity contribution in [3.8, 4) is 0 Å². The van der Waals surface area contributed by atoms with Gasteiger partial charge in [0.2, 0.25) is 0 Å².